The molecule has 0 spiro atoms. The lowest BCUT2D eigenvalue weighted by atomic mass is 9.78. The number of nitrogens with zero attached hydrogens (tertiary/aromatic N) is 1. The van der Waals surface area contributed by atoms with E-state index in [1.165, 1.54) is 22.3 Å². The Balaban J connectivity index is 1.66. The Morgan fingerprint density at radius 3 is 1.96 bits per heavy atom. The van der Waals surface area contributed by atoms with Crippen LogP contribution in [0.2, 0.25) is 0 Å². The van der Waals surface area contributed by atoms with E-state index in [9.17, 15) is 4.79 Å². The second kappa shape index (κ2) is 6.80. The monoisotopic (exact) mass is 341 g/mol. The molecule has 0 bridgehead atoms. The molecule has 1 aliphatic rings. The molecule has 3 aromatic carbocycles. The molecule has 130 valence electrons. The van der Waals surface area contributed by atoms with Crippen LogP contribution in [0.5, 0.6) is 0 Å². The molecule has 1 amide bonds. The quantitative estimate of drug-likeness (QED) is 0.594. The SMILES string of the molecule is Cc1ccc(CC2C(=O)N(c3ccc(C)cc3)C2c2ccccc2)cc1. The Kier molecular flexibility index (Phi) is 4.34. The largest absolute Gasteiger partial charge is 0.304 e. The number of β-lactam (4-membered cyclic amide) rings is 1. The number of rotatable bonds is 4. The maximum absolute atomic E-state index is 13.0. The van der Waals surface area contributed by atoms with Gasteiger partial charge < -0.3 is 4.90 Å². The molecule has 0 N–H and O–H groups in total. The van der Waals surface area contributed by atoms with Crippen LogP contribution in [0.1, 0.15) is 28.3 Å². The smallest absolute Gasteiger partial charge is 0.233 e. The van der Waals surface area contributed by atoms with Crippen LogP contribution in [0.3, 0.4) is 0 Å². The van der Waals surface area contributed by atoms with Gasteiger partial charge in [0.05, 0.1) is 12.0 Å². The van der Waals surface area contributed by atoms with Crippen LogP contribution in [0, 0.1) is 19.8 Å². The summed E-state index contributed by atoms with van der Waals surface area (Å²) in [5, 5.41) is 0. The topological polar surface area (TPSA) is 20.3 Å². The van der Waals surface area contributed by atoms with Gasteiger partial charge in [-0.05, 0) is 43.5 Å². The zero-order valence-electron chi connectivity index (χ0n) is 15.2. The van der Waals surface area contributed by atoms with Crippen LogP contribution in [0.4, 0.5) is 5.69 Å². The van der Waals surface area contributed by atoms with Crippen molar-refractivity contribution < 1.29 is 4.79 Å². The minimum atomic E-state index is -0.0126. The fraction of sp³-hybridized carbons (Fsp3) is 0.208. The summed E-state index contributed by atoms with van der Waals surface area (Å²) in [4.78, 5) is 15.0. The number of carbonyl (C=O) groups excluding carboxylic acids is 1. The molecule has 0 saturated carbocycles. The van der Waals surface area contributed by atoms with Gasteiger partial charge in [-0.25, -0.2) is 0 Å². The molecule has 2 atom stereocenters. The third kappa shape index (κ3) is 3.03. The van der Waals surface area contributed by atoms with Crippen LogP contribution < -0.4 is 4.90 Å². The average molecular weight is 341 g/mol. The van der Waals surface area contributed by atoms with E-state index < -0.39 is 0 Å². The molecule has 0 aliphatic carbocycles. The summed E-state index contributed by atoms with van der Waals surface area (Å²) >= 11 is 0. The van der Waals surface area contributed by atoms with Gasteiger partial charge in [0.15, 0.2) is 0 Å². The minimum Gasteiger partial charge on any atom is -0.304 e. The number of aryl methyl sites for hydroxylation is 2. The zero-order valence-corrected chi connectivity index (χ0v) is 15.2. The maximum atomic E-state index is 13.0. The third-order valence-electron chi connectivity index (χ3n) is 5.24. The number of hydrogen-bond donors (Lipinski definition) is 0. The highest BCUT2D eigenvalue weighted by Crippen LogP contribution is 2.44. The summed E-state index contributed by atoms with van der Waals surface area (Å²) in [6.45, 7) is 4.15. The molecule has 1 aliphatic heterocycles. The predicted octanol–water partition coefficient (Wildman–Crippen LogP) is 5.25. The first-order valence-corrected chi connectivity index (χ1v) is 9.14. The van der Waals surface area contributed by atoms with Gasteiger partial charge in [0.1, 0.15) is 0 Å². The predicted molar refractivity (Wildman–Crippen MR) is 106 cm³/mol. The van der Waals surface area contributed by atoms with Gasteiger partial charge in [-0.15, -0.1) is 0 Å². The first kappa shape index (κ1) is 16.6. The number of amides is 1. The molecule has 3 aromatic rings. The van der Waals surface area contributed by atoms with Gasteiger partial charge in [0.2, 0.25) is 5.91 Å². The number of hydrogen-bond acceptors (Lipinski definition) is 1. The second-order valence-corrected chi connectivity index (χ2v) is 7.20. The van der Waals surface area contributed by atoms with Gasteiger partial charge in [0.25, 0.3) is 0 Å². The Hall–Kier alpha value is -2.87. The van der Waals surface area contributed by atoms with Crippen molar-refractivity contribution in [3.63, 3.8) is 0 Å². The highest BCUT2D eigenvalue weighted by molar-refractivity contribution is 6.03. The highest BCUT2D eigenvalue weighted by atomic mass is 16.2. The average Bonchev–Trinajstić information content (AvgIpc) is 2.67. The van der Waals surface area contributed by atoms with Crippen LogP contribution in [-0.2, 0) is 11.2 Å². The van der Waals surface area contributed by atoms with E-state index in [1.54, 1.807) is 0 Å². The van der Waals surface area contributed by atoms with E-state index in [-0.39, 0.29) is 17.9 Å². The highest BCUT2D eigenvalue weighted by Gasteiger charge is 2.48. The fourth-order valence-corrected chi connectivity index (χ4v) is 3.75. The van der Waals surface area contributed by atoms with E-state index in [4.69, 9.17) is 0 Å². The Morgan fingerprint density at radius 2 is 1.35 bits per heavy atom. The van der Waals surface area contributed by atoms with E-state index >= 15 is 0 Å². The zero-order chi connectivity index (χ0) is 18.1. The van der Waals surface area contributed by atoms with E-state index in [0.29, 0.717) is 0 Å². The van der Waals surface area contributed by atoms with E-state index in [0.717, 1.165) is 12.1 Å². The van der Waals surface area contributed by atoms with Gasteiger partial charge in [-0.2, -0.15) is 0 Å². The molecular weight excluding hydrogens is 318 g/mol. The lowest BCUT2D eigenvalue weighted by Gasteiger charge is -2.47. The van der Waals surface area contributed by atoms with Crippen molar-refractivity contribution in [3.05, 3.63) is 101 Å². The summed E-state index contributed by atoms with van der Waals surface area (Å²) in [5.41, 5.74) is 5.85. The van der Waals surface area contributed by atoms with E-state index in [1.807, 2.05) is 35.2 Å². The molecule has 2 heteroatoms. The standard InChI is InChI=1S/C24H23NO/c1-17-8-12-19(13-9-17)16-22-23(20-6-4-3-5-7-20)25(24(22)26)21-14-10-18(2)11-15-21/h3-15,22-23H,16H2,1-2H3. The summed E-state index contributed by atoms with van der Waals surface area (Å²) < 4.78 is 0. The minimum absolute atomic E-state index is 0.0126. The van der Waals surface area contributed by atoms with Crippen molar-refractivity contribution in [3.8, 4) is 0 Å². The Bertz CT molecular complexity index is 897. The molecule has 26 heavy (non-hydrogen) atoms. The molecule has 1 saturated heterocycles. The van der Waals surface area contributed by atoms with Crippen molar-refractivity contribution in [1.29, 1.82) is 0 Å². The van der Waals surface area contributed by atoms with Crippen molar-refractivity contribution >= 4 is 11.6 Å². The molecule has 4 rings (SSSR count). The summed E-state index contributed by atoms with van der Waals surface area (Å²) in [5.74, 6) is 0.199. The maximum Gasteiger partial charge on any atom is 0.233 e. The van der Waals surface area contributed by atoms with Gasteiger partial charge >= 0.3 is 0 Å². The molecule has 1 heterocycles. The van der Waals surface area contributed by atoms with Gasteiger partial charge in [-0.3, -0.25) is 4.79 Å². The summed E-state index contributed by atoms with van der Waals surface area (Å²) in [6.07, 6.45) is 0.779. The Labute approximate surface area is 155 Å². The molecule has 2 unspecified atom stereocenters. The van der Waals surface area contributed by atoms with Crippen molar-refractivity contribution in [1.82, 2.24) is 0 Å². The molecule has 2 nitrogen and oxygen atoms in total. The van der Waals surface area contributed by atoms with Crippen molar-refractivity contribution in [2.45, 2.75) is 26.3 Å². The molecular formula is C24H23NO. The lowest BCUT2D eigenvalue weighted by molar-refractivity contribution is -0.130. The summed E-state index contributed by atoms with van der Waals surface area (Å²) in [6, 6.07) is 27.2. The second-order valence-electron chi connectivity index (χ2n) is 7.20. The number of carbonyl (C=O) groups is 1. The third-order valence-corrected chi connectivity index (χ3v) is 5.24. The van der Waals surface area contributed by atoms with Crippen LogP contribution in [0.15, 0.2) is 78.9 Å². The summed E-state index contributed by atoms with van der Waals surface area (Å²) in [7, 11) is 0. The van der Waals surface area contributed by atoms with Crippen molar-refractivity contribution in [2.75, 3.05) is 4.90 Å². The lowest BCUT2D eigenvalue weighted by Crippen LogP contribution is -2.56. The van der Waals surface area contributed by atoms with Crippen LogP contribution >= 0.6 is 0 Å². The molecule has 1 fully saturated rings. The fourth-order valence-electron chi connectivity index (χ4n) is 3.75. The number of anilines is 1. The van der Waals surface area contributed by atoms with Crippen molar-refractivity contribution in [2.24, 2.45) is 5.92 Å². The van der Waals surface area contributed by atoms with Gasteiger partial charge in [-0.1, -0.05) is 77.9 Å². The van der Waals surface area contributed by atoms with E-state index in [2.05, 4.69) is 62.4 Å². The molecule has 0 aromatic heterocycles. The van der Waals surface area contributed by atoms with Crippen LogP contribution in [0.25, 0.3) is 0 Å². The first-order chi connectivity index (χ1) is 12.6. The Morgan fingerprint density at radius 1 is 0.769 bits per heavy atom. The van der Waals surface area contributed by atoms with Crippen LogP contribution in [-0.4, -0.2) is 5.91 Å². The number of benzene rings is 3. The first-order valence-electron chi connectivity index (χ1n) is 9.14. The normalized spacial score (nSPS) is 19.3. The van der Waals surface area contributed by atoms with Gasteiger partial charge in [0, 0.05) is 5.69 Å². The molecule has 0 radical (unpaired) electrons.